The molecule has 4 nitrogen and oxygen atoms in total. The molecule has 7 heteroatoms. The van der Waals surface area contributed by atoms with E-state index in [2.05, 4.69) is 0 Å². The van der Waals surface area contributed by atoms with E-state index < -0.39 is 20.5 Å². The summed E-state index contributed by atoms with van der Waals surface area (Å²) >= 11 is 10.8. The molecule has 1 fully saturated rings. The highest BCUT2D eigenvalue weighted by atomic mass is 35.5. The monoisotopic (exact) mass is 333 g/mol. The van der Waals surface area contributed by atoms with Gasteiger partial charge in [0.1, 0.15) is 0 Å². The van der Waals surface area contributed by atoms with E-state index in [1.165, 1.54) is 12.1 Å². The third-order valence-corrected chi connectivity index (χ3v) is 6.53. The molecule has 1 saturated carbocycles. The van der Waals surface area contributed by atoms with Crippen molar-refractivity contribution in [3.8, 4) is 0 Å². The van der Waals surface area contributed by atoms with Crippen molar-refractivity contribution in [2.75, 3.05) is 13.2 Å². The lowest BCUT2D eigenvalue weighted by molar-refractivity contribution is 0.123. The van der Waals surface area contributed by atoms with Gasteiger partial charge in [-0.3, -0.25) is 0 Å². The molecule has 0 saturated heterocycles. The van der Waals surface area contributed by atoms with Crippen LogP contribution in [-0.4, -0.2) is 31.9 Å². The van der Waals surface area contributed by atoms with Crippen molar-refractivity contribution in [2.24, 2.45) is 11.1 Å². The van der Waals surface area contributed by atoms with Crippen LogP contribution >= 0.6 is 23.8 Å². The zero-order valence-corrected chi connectivity index (χ0v) is 13.4. The third-order valence-electron chi connectivity index (χ3n) is 3.58. The first-order valence-corrected chi connectivity index (χ1v) is 8.55. The number of ether oxygens (including phenoxy) is 1. The highest BCUT2D eigenvalue weighted by Crippen LogP contribution is 2.53. The van der Waals surface area contributed by atoms with Gasteiger partial charge in [-0.1, -0.05) is 23.8 Å². The standard InChI is InChI=1S/C13H16ClNO3S2/c1-2-18-8-13(12(15)19)7-11(13)20(16,17)10-5-3-9(14)4-6-10/h3-6,11H,2,7-8H2,1H3,(H2,15,19)/t11-,13-/m1/s1. The van der Waals surface area contributed by atoms with Gasteiger partial charge in [-0.2, -0.15) is 0 Å². The highest BCUT2D eigenvalue weighted by Gasteiger charge is 2.63. The van der Waals surface area contributed by atoms with Crippen molar-refractivity contribution in [2.45, 2.75) is 23.5 Å². The van der Waals surface area contributed by atoms with Crippen LogP contribution in [0.25, 0.3) is 0 Å². The van der Waals surface area contributed by atoms with Gasteiger partial charge in [0.25, 0.3) is 0 Å². The second-order valence-electron chi connectivity index (χ2n) is 4.85. The lowest BCUT2D eigenvalue weighted by Crippen LogP contribution is -2.33. The summed E-state index contributed by atoms with van der Waals surface area (Å²) in [5.74, 6) is 0. The number of halogens is 1. The molecule has 0 aliphatic heterocycles. The summed E-state index contributed by atoms with van der Waals surface area (Å²) in [6.07, 6.45) is 0.410. The van der Waals surface area contributed by atoms with Crippen molar-refractivity contribution in [1.82, 2.24) is 0 Å². The minimum absolute atomic E-state index is 0.202. The normalized spacial score (nSPS) is 25.4. The van der Waals surface area contributed by atoms with E-state index in [4.69, 9.17) is 34.3 Å². The van der Waals surface area contributed by atoms with Crippen molar-refractivity contribution in [3.05, 3.63) is 29.3 Å². The van der Waals surface area contributed by atoms with Crippen molar-refractivity contribution < 1.29 is 13.2 Å². The molecular formula is C13H16ClNO3S2. The van der Waals surface area contributed by atoms with Crippen LogP contribution in [0.5, 0.6) is 0 Å². The van der Waals surface area contributed by atoms with Crippen LogP contribution in [0.3, 0.4) is 0 Å². The second kappa shape index (κ2) is 5.60. The molecule has 2 N–H and O–H groups in total. The lowest BCUT2D eigenvalue weighted by atomic mass is 10.1. The fourth-order valence-electron chi connectivity index (χ4n) is 2.23. The molecule has 0 spiro atoms. The van der Waals surface area contributed by atoms with E-state index >= 15 is 0 Å². The van der Waals surface area contributed by atoms with Crippen molar-refractivity contribution >= 4 is 38.6 Å². The quantitative estimate of drug-likeness (QED) is 0.808. The summed E-state index contributed by atoms with van der Waals surface area (Å²) in [5.41, 5.74) is 5.00. The first-order valence-electron chi connectivity index (χ1n) is 6.21. The van der Waals surface area contributed by atoms with Gasteiger partial charge in [-0.25, -0.2) is 8.42 Å². The molecule has 20 heavy (non-hydrogen) atoms. The number of nitrogens with two attached hydrogens (primary N) is 1. The Morgan fingerprint density at radius 1 is 1.50 bits per heavy atom. The van der Waals surface area contributed by atoms with E-state index in [9.17, 15) is 8.42 Å². The molecular weight excluding hydrogens is 318 g/mol. The SMILES string of the molecule is CCOC[C@]1(C(N)=S)C[C@H]1S(=O)(=O)c1ccc(Cl)cc1. The molecule has 0 radical (unpaired) electrons. The Morgan fingerprint density at radius 2 is 2.10 bits per heavy atom. The molecule has 1 aliphatic rings. The number of hydrogen-bond donors (Lipinski definition) is 1. The molecule has 0 bridgehead atoms. The number of thiocarbonyl (C=S) groups is 1. The predicted molar refractivity (Wildman–Crippen MR) is 82.8 cm³/mol. The van der Waals surface area contributed by atoms with Crippen LogP contribution in [0, 0.1) is 5.41 Å². The first kappa shape index (κ1) is 15.7. The maximum atomic E-state index is 12.6. The van der Waals surface area contributed by atoms with E-state index in [0.29, 0.717) is 18.1 Å². The molecule has 2 atom stereocenters. The van der Waals surface area contributed by atoms with E-state index in [1.54, 1.807) is 12.1 Å². The molecule has 0 heterocycles. The van der Waals surface area contributed by atoms with Gasteiger partial charge >= 0.3 is 0 Å². The van der Waals surface area contributed by atoms with Crippen LogP contribution in [-0.2, 0) is 14.6 Å². The number of hydrogen-bond acceptors (Lipinski definition) is 4. The molecule has 110 valence electrons. The molecule has 0 amide bonds. The molecule has 1 aromatic rings. The molecule has 0 unspecified atom stereocenters. The predicted octanol–water partition coefficient (Wildman–Crippen LogP) is 2.20. The van der Waals surface area contributed by atoms with Crippen molar-refractivity contribution in [1.29, 1.82) is 0 Å². The Morgan fingerprint density at radius 3 is 2.60 bits per heavy atom. The van der Waals surface area contributed by atoms with Gasteiger partial charge in [0.15, 0.2) is 9.84 Å². The van der Waals surface area contributed by atoms with E-state index in [1.807, 2.05) is 6.92 Å². The summed E-state index contributed by atoms with van der Waals surface area (Å²) in [6.45, 7) is 2.59. The summed E-state index contributed by atoms with van der Waals surface area (Å²) in [7, 11) is -3.47. The molecule has 2 rings (SSSR count). The average molecular weight is 334 g/mol. The van der Waals surface area contributed by atoms with Gasteiger partial charge in [0.05, 0.1) is 27.2 Å². The minimum Gasteiger partial charge on any atom is -0.393 e. The Kier molecular flexibility index (Phi) is 4.39. The van der Waals surface area contributed by atoms with Gasteiger partial charge < -0.3 is 10.5 Å². The van der Waals surface area contributed by atoms with Gasteiger partial charge in [0, 0.05) is 11.6 Å². The summed E-state index contributed by atoms with van der Waals surface area (Å²) in [6, 6.07) is 6.12. The van der Waals surface area contributed by atoms with E-state index in [-0.39, 0.29) is 16.5 Å². The lowest BCUT2D eigenvalue weighted by Gasteiger charge is -2.15. The Bertz CT molecular complexity index is 615. The van der Waals surface area contributed by atoms with Crippen LogP contribution in [0.1, 0.15) is 13.3 Å². The topological polar surface area (TPSA) is 69.4 Å². The first-order chi connectivity index (χ1) is 9.34. The number of sulfone groups is 1. The van der Waals surface area contributed by atoms with Gasteiger partial charge in [0.2, 0.25) is 0 Å². The number of rotatable bonds is 6. The van der Waals surface area contributed by atoms with Crippen LogP contribution in [0.4, 0.5) is 0 Å². The molecule has 0 aromatic heterocycles. The zero-order chi connectivity index (χ0) is 15.0. The van der Waals surface area contributed by atoms with Gasteiger partial charge in [-0.15, -0.1) is 0 Å². The highest BCUT2D eigenvalue weighted by molar-refractivity contribution is 7.92. The minimum atomic E-state index is -3.47. The second-order valence-corrected chi connectivity index (χ2v) is 7.86. The molecule has 1 aromatic carbocycles. The van der Waals surface area contributed by atoms with Crippen LogP contribution in [0.15, 0.2) is 29.2 Å². The fraction of sp³-hybridized carbons (Fsp3) is 0.462. The largest absolute Gasteiger partial charge is 0.393 e. The smallest absolute Gasteiger partial charge is 0.182 e. The summed E-state index contributed by atoms with van der Waals surface area (Å²) in [4.78, 5) is 0.440. The van der Waals surface area contributed by atoms with E-state index in [0.717, 1.165) is 0 Å². The summed E-state index contributed by atoms with van der Waals surface area (Å²) in [5, 5.41) is -0.116. The van der Waals surface area contributed by atoms with Crippen molar-refractivity contribution in [3.63, 3.8) is 0 Å². The van der Waals surface area contributed by atoms with Crippen LogP contribution in [0.2, 0.25) is 5.02 Å². The Balaban J connectivity index is 2.28. The zero-order valence-electron chi connectivity index (χ0n) is 11.0. The van der Waals surface area contributed by atoms with Gasteiger partial charge in [-0.05, 0) is 37.6 Å². The maximum Gasteiger partial charge on any atom is 0.182 e. The summed E-state index contributed by atoms with van der Waals surface area (Å²) < 4.78 is 30.5. The Labute approximate surface area is 129 Å². The van der Waals surface area contributed by atoms with Crippen LogP contribution < -0.4 is 5.73 Å². The molecule has 1 aliphatic carbocycles. The number of benzene rings is 1. The third kappa shape index (κ3) is 2.70. The fourth-order valence-corrected chi connectivity index (χ4v) is 4.87. The average Bonchev–Trinajstić information content (AvgIpc) is 3.14. The maximum absolute atomic E-state index is 12.6. The Hall–Kier alpha value is -0.690.